The summed E-state index contributed by atoms with van der Waals surface area (Å²) in [5.41, 5.74) is 4.68. The monoisotopic (exact) mass is 267 g/mol. The van der Waals surface area contributed by atoms with Gasteiger partial charge in [0.15, 0.2) is 0 Å². The lowest BCUT2D eigenvalue weighted by Crippen LogP contribution is -2.24. The van der Waals surface area contributed by atoms with Gasteiger partial charge < -0.3 is 5.11 Å². The molecule has 0 aliphatic heterocycles. The van der Waals surface area contributed by atoms with E-state index in [1.54, 1.807) is 0 Å². The first kappa shape index (κ1) is 13.3. The Hall–Kier alpha value is -1.67. The predicted octanol–water partition coefficient (Wildman–Crippen LogP) is 4.11. The van der Waals surface area contributed by atoms with E-state index in [2.05, 4.69) is 43.1 Å². The number of rotatable bonds is 1. The van der Waals surface area contributed by atoms with Crippen LogP contribution in [-0.4, -0.2) is 16.2 Å². The van der Waals surface area contributed by atoms with E-state index in [0.29, 0.717) is 0 Å². The lowest BCUT2D eigenvalue weighted by molar-refractivity contribution is 0.146. The van der Waals surface area contributed by atoms with E-state index in [1.165, 1.54) is 11.1 Å². The lowest BCUT2D eigenvalue weighted by Gasteiger charge is -2.32. The molecule has 1 N–H and O–H groups in total. The van der Waals surface area contributed by atoms with Crippen molar-refractivity contribution in [1.29, 1.82) is 0 Å². The molecule has 3 rings (SSSR count). The third-order valence-electron chi connectivity index (χ3n) is 4.02. The van der Waals surface area contributed by atoms with Crippen molar-refractivity contribution in [1.82, 2.24) is 4.98 Å². The maximum atomic E-state index is 10.0. The third kappa shape index (κ3) is 2.61. The zero-order valence-electron chi connectivity index (χ0n) is 12.4. The number of hydrogen-bond donors (Lipinski definition) is 1. The van der Waals surface area contributed by atoms with Gasteiger partial charge in [-0.1, -0.05) is 32.1 Å². The van der Waals surface area contributed by atoms with E-state index in [-0.39, 0.29) is 11.5 Å². The smallest absolute Gasteiger partial charge is 0.0732 e. The maximum Gasteiger partial charge on any atom is 0.0732 e. The number of aliphatic hydroxyl groups excluding tert-OH is 1. The highest BCUT2D eigenvalue weighted by Gasteiger charge is 2.28. The van der Waals surface area contributed by atoms with E-state index in [0.717, 1.165) is 29.4 Å². The van der Waals surface area contributed by atoms with Crippen molar-refractivity contribution in [2.75, 3.05) is 0 Å². The van der Waals surface area contributed by atoms with Crippen LogP contribution in [0.1, 0.15) is 37.9 Å². The molecule has 0 saturated carbocycles. The highest BCUT2D eigenvalue weighted by Crippen LogP contribution is 2.39. The number of aryl methyl sites for hydroxylation is 1. The van der Waals surface area contributed by atoms with Crippen LogP contribution in [0.15, 0.2) is 36.4 Å². The molecule has 0 radical (unpaired) electrons. The molecule has 1 heterocycles. The van der Waals surface area contributed by atoms with Crippen molar-refractivity contribution in [3.8, 4) is 0 Å². The fourth-order valence-electron chi connectivity index (χ4n) is 3.13. The molecule has 0 fully saturated rings. The summed E-state index contributed by atoms with van der Waals surface area (Å²) in [6.45, 7) is 6.44. The molecule has 104 valence electrons. The molecule has 0 amide bonds. The number of nitrogens with zero attached hydrogens (tertiary/aromatic N) is 1. The summed E-state index contributed by atoms with van der Waals surface area (Å²) in [7, 11) is 0. The highest BCUT2D eigenvalue weighted by atomic mass is 16.3. The standard InChI is InChI=1S/C18H21NO/c1-12-4-5-14-8-13(6-7-17(14)19-12)15-9-16(20)11-18(2,3)10-15/h4-9,16,20H,10-11H2,1-3H3. The largest absolute Gasteiger partial charge is 0.389 e. The minimum absolute atomic E-state index is 0.157. The van der Waals surface area contributed by atoms with Gasteiger partial charge >= 0.3 is 0 Å². The van der Waals surface area contributed by atoms with Crippen molar-refractivity contribution in [3.63, 3.8) is 0 Å². The average molecular weight is 267 g/mol. The van der Waals surface area contributed by atoms with E-state index in [9.17, 15) is 5.11 Å². The van der Waals surface area contributed by atoms with Gasteiger partial charge in [-0.3, -0.25) is 4.98 Å². The Morgan fingerprint density at radius 2 is 2.00 bits per heavy atom. The van der Waals surface area contributed by atoms with Gasteiger partial charge in [0.2, 0.25) is 0 Å². The first-order valence-electron chi connectivity index (χ1n) is 7.20. The number of fused-ring (bicyclic) bond motifs is 1. The van der Waals surface area contributed by atoms with Gasteiger partial charge in [-0.2, -0.15) is 0 Å². The van der Waals surface area contributed by atoms with Crippen LogP contribution in [0.25, 0.3) is 16.5 Å². The fourth-order valence-corrected chi connectivity index (χ4v) is 3.13. The van der Waals surface area contributed by atoms with Gasteiger partial charge in [0, 0.05) is 11.1 Å². The second-order valence-electron chi connectivity index (χ2n) is 6.66. The molecule has 2 aromatic rings. The van der Waals surface area contributed by atoms with Crippen LogP contribution in [0.3, 0.4) is 0 Å². The second-order valence-corrected chi connectivity index (χ2v) is 6.66. The highest BCUT2D eigenvalue weighted by molar-refractivity contribution is 5.83. The Bertz CT molecular complexity index is 685. The van der Waals surface area contributed by atoms with Crippen LogP contribution < -0.4 is 0 Å². The van der Waals surface area contributed by atoms with Crippen LogP contribution in [0, 0.1) is 12.3 Å². The third-order valence-corrected chi connectivity index (χ3v) is 4.02. The maximum absolute atomic E-state index is 10.0. The van der Waals surface area contributed by atoms with Crippen LogP contribution in [-0.2, 0) is 0 Å². The van der Waals surface area contributed by atoms with Crippen molar-refractivity contribution in [2.24, 2.45) is 5.41 Å². The van der Waals surface area contributed by atoms with Crippen molar-refractivity contribution in [2.45, 2.75) is 39.7 Å². The van der Waals surface area contributed by atoms with Gasteiger partial charge in [0.1, 0.15) is 0 Å². The van der Waals surface area contributed by atoms with Crippen LogP contribution in [0.4, 0.5) is 0 Å². The molecule has 1 unspecified atom stereocenters. The van der Waals surface area contributed by atoms with Crippen molar-refractivity contribution < 1.29 is 5.11 Å². The minimum Gasteiger partial charge on any atom is -0.389 e. The summed E-state index contributed by atoms with van der Waals surface area (Å²) < 4.78 is 0. The summed E-state index contributed by atoms with van der Waals surface area (Å²) in [6.07, 6.45) is 3.52. The Balaban J connectivity index is 2.04. The van der Waals surface area contributed by atoms with Crippen LogP contribution in [0.2, 0.25) is 0 Å². The number of aromatic nitrogens is 1. The van der Waals surface area contributed by atoms with E-state index in [1.807, 2.05) is 19.1 Å². The van der Waals surface area contributed by atoms with Crippen LogP contribution >= 0.6 is 0 Å². The summed E-state index contributed by atoms with van der Waals surface area (Å²) in [6, 6.07) is 10.5. The second kappa shape index (κ2) is 4.71. The van der Waals surface area contributed by atoms with Crippen LogP contribution in [0.5, 0.6) is 0 Å². The summed E-state index contributed by atoms with van der Waals surface area (Å²) in [5, 5.41) is 11.2. The molecule has 2 nitrogen and oxygen atoms in total. The summed E-state index contributed by atoms with van der Waals surface area (Å²) >= 11 is 0. The molecular weight excluding hydrogens is 246 g/mol. The van der Waals surface area contributed by atoms with Crippen molar-refractivity contribution >= 4 is 16.5 Å². The number of benzene rings is 1. The average Bonchev–Trinajstić information content (AvgIpc) is 2.35. The van der Waals surface area contributed by atoms with E-state index < -0.39 is 0 Å². The normalized spacial score (nSPS) is 21.8. The molecule has 20 heavy (non-hydrogen) atoms. The Kier molecular flexibility index (Phi) is 3.14. The van der Waals surface area contributed by atoms with E-state index in [4.69, 9.17) is 0 Å². The molecule has 1 aromatic carbocycles. The molecule has 1 aliphatic carbocycles. The summed E-state index contributed by atoms with van der Waals surface area (Å²) in [4.78, 5) is 4.54. The van der Waals surface area contributed by atoms with Gasteiger partial charge in [-0.05, 0) is 54.5 Å². The van der Waals surface area contributed by atoms with Gasteiger partial charge in [0.25, 0.3) is 0 Å². The number of allylic oxidation sites excluding steroid dienone is 1. The molecule has 0 bridgehead atoms. The predicted molar refractivity (Wildman–Crippen MR) is 83.5 cm³/mol. The molecule has 1 aromatic heterocycles. The topological polar surface area (TPSA) is 33.1 Å². The quantitative estimate of drug-likeness (QED) is 0.843. The first-order chi connectivity index (χ1) is 9.43. The molecule has 0 spiro atoms. The molecule has 1 aliphatic rings. The number of hydrogen-bond acceptors (Lipinski definition) is 2. The zero-order chi connectivity index (χ0) is 14.3. The number of aliphatic hydroxyl groups is 1. The first-order valence-corrected chi connectivity index (χ1v) is 7.20. The zero-order valence-corrected chi connectivity index (χ0v) is 12.4. The molecule has 2 heteroatoms. The minimum atomic E-state index is -0.333. The molecular formula is C18H21NO. The van der Waals surface area contributed by atoms with Gasteiger partial charge in [0.05, 0.1) is 11.6 Å². The Morgan fingerprint density at radius 1 is 1.20 bits per heavy atom. The van der Waals surface area contributed by atoms with Gasteiger partial charge in [-0.25, -0.2) is 0 Å². The Labute approximate surface area is 120 Å². The number of pyridine rings is 1. The fraction of sp³-hybridized carbons (Fsp3) is 0.389. The molecule has 0 saturated heterocycles. The molecule has 1 atom stereocenters. The SMILES string of the molecule is Cc1ccc2cc(C3=CC(O)CC(C)(C)C3)ccc2n1. The van der Waals surface area contributed by atoms with Gasteiger partial charge in [-0.15, -0.1) is 0 Å². The van der Waals surface area contributed by atoms with E-state index >= 15 is 0 Å². The Morgan fingerprint density at radius 3 is 2.75 bits per heavy atom. The van der Waals surface area contributed by atoms with Crippen molar-refractivity contribution in [3.05, 3.63) is 47.7 Å². The lowest BCUT2D eigenvalue weighted by atomic mass is 9.74. The summed E-state index contributed by atoms with van der Waals surface area (Å²) in [5.74, 6) is 0.